The van der Waals surface area contributed by atoms with Crippen LogP contribution in [0.4, 0.5) is 0 Å². The molecule has 0 aromatic rings. The molecule has 0 spiro atoms. The molecule has 4 fully saturated rings. The summed E-state index contributed by atoms with van der Waals surface area (Å²) in [4.78, 5) is 14.1. The Hall–Kier alpha value is -1.26. The van der Waals surface area contributed by atoms with Gasteiger partial charge in [0.05, 0.1) is 6.10 Å². The van der Waals surface area contributed by atoms with Crippen molar-refractivity contribution in [3.05, 3.63) is 10.4 Å². The van der Waals surface area contributed by atoms with Crippen LogP contribution >= 0.6 is 0 Å². The minimum absolute atomic E-state index is 0.0941. The van der Waals surface area contributed by atoms with Gasteiger partial charge in [0.25, 0.3) is 0 Å². The predicted molar refractivity (Wildman–Crippen MR) is 116 cm³/mol. The molecule has 0 radical (unpaired) electrons. The van der Waals surface area contributed by atoms with Crippen molar-refractivity contribution in [1.29, 1.82) is 0 Å². The van der Waals surface area contributed by atoms with Gasteiger partial charge < -0.3 is 10.2 Å². The van der Waals surface area contributed by atoms with E-state index in [0.717, 1.165) is 32.1 Å². The number of carbonyl (C=O) groups is 1. The summed E-state index contributed by atoms with van der Waals surface area (Å²) >= 11 is 0. The van der Waals surface area contributed by atoms with Crippen LogP contribution in [0.2, 0.25) is 0 Å². The smallest absolute Gasteiger partial charge is 0.303 e. The number of azide groups is 1. The molecule has 0 bridgehead atoms. The number of aliphatic hydroxyl groups is 1. The van der Waals surface area contributed by atoms with Crippen molar-refractivity contribution in [2.75, 3.05) is 0 Å². The van der Waals surface area contributed by atoms with Gasteiger partial charge in [-0.2, -0.15) is 0 Å². The Kier molecular flexibility index (Phi) is 5.87. The van der Waals surface area contributed by atoms with E-state index in [1.807, 2.05) is 0 Å². The Morgan fingerprint density at radius 3 is 2.53 bits per heavy atom. The van der Waals surface area contributed by atoms with E-state index in [0.29, 0.717) is 35.5 Å². The van der Waals surface area contributed by atoms with Gasteiger partial charge in [-0.1, -0.05) is 25.9 Å². The summed E-state index contributed by atoms with van der Waals surface area (Å²) in [7, 11) is 0. The second kappa shape index (κ2) is 8.02. The first kappa shape index (κ1) is 22.0. The average molecular weight is 418 g/mol. The molecule has 4 saturated carbocycles. The number of rotatable bonds is 5. The zero-order valence-corrected chi connectivity index (χ0v) is 18.8. The van der Waals surface area contributed by atoms with Gasteiger partial charge in [0.15, 0.2) is 0 Å². The Labute approximate surface area is 180 Å². The molecule has 0 aliphatic heterocycles. The molecular weight excluding hydrogens is 378 g/mol. The van der Waals surface area contributed by atoms with Crippen molar-refractivity contribution in [2.24, 2.45) is 51.5 Å². The monoisotopic (exact) mass is 417 g/mol. The topological polar surface area (TPSA) is 106 Å². The molecule has 0 heterocycles. The van der Waals surface area contributed by atoms with E-state index in [2.05, 4.69) is 30.8 Å². The molecule has 0 amide bonds. The number of nitrogens with zero attached hydrogens (tertiary/aromatic N) is 3. The molecule has 4 aliphatic rings. The lowest BCUT2D eigenvalue weighted by Gasteiger charge is -2.62. The number of carboxylic acid groups (broad SMARTS) is 1. The van der Waals surface area contributed by atoms with E-state index in [9.17, 15) is 9.90 Å². The molecule has 6 heteroatoms. The first-order valence-corrected chi connectivity index (χ1v) is 12.1. The molecule has 0 saturated heterocycles. The van der Waals surface area contributed by atoms with Crippen LogP contribution in [0.3, 0.4) is 0 Å². The number of aliphatic carboxylic acids is 1. The number of hydrogen-bond donors (Lipinski definition) is 2. The van der Waals surface area contributed by atoms with Crippen LogP contribution in [0.25, 0.3) is 10.4 Å². The minimum Gasteiger partial charge on any atom is -0.481 e. The number of hydrogen-bond acceptors (Lipinski definition) is 3. The Bertz CT molecular complexity index is 722. The lowest BCUT2D eigenvalue weighted by Crippen LogP contribution is -2.58. The van der Waals surface area contributed by atoms with Gasteiger partial charge in [-0.25, -0.2) is 0 Å². The molecule has 0 aromatic heterocycles. The summed E-state index contributed by atoms with van der Waals surface area (Å²) in [6, 6.07) is 0.0941. The van der Waals surface area contributed by atoms with Crippen LogP contribution in [0.15, 0.2) is 5.11 Å². The second-order valence-electron chi connectivity index (χ2n) is 11.6. The van der Waals surface area contributed by atoms with Crippen LogP contribution in [-0.2, 0) is 4.79 Å². The molecule has 2 N–H and O–H groups in total. The van der Waals surface area contributed by atoms with Crippen molar-refractivity contribution in [3.63, 3.8) is 0 Å². The molecule has 4 rings (SSSR count). The summed E-state index contributed by atoms with van der Waals surface area (Å²) in [6.45, 7) is 7.15. The second-order valence-corrected chi connectivity index (χ2v) is 11.6. The Balaban J connectivity index is 1.54. The van der Waals surface area contributed by atoms with Crippen molar-refractivity contribution in [3.8, 4) is 0 Å². The molecule has 0 aromatic carbocycles. The van der Waals surface area contributed by atoms with Gasteiger partial charge in [0, 0.05) is 17.4 Å². The predicted octanol–water partition coefficient (Wildman–Crippen LogP) is 5.80. The highest BCUT2D eigenvalue weighted by molar-refractivity contribution is 5.66. The highest BCUT2D eigenvalue weighted by Gasteiger charge is 2.62. The Morgan fingerprint density at radius 2 is 1.83 bits per heavy atom. The first-order valence-electron chi connectivity index (χ1n) is 12.1. The van der Waals surface area contributed by atoms with E-state index in [-0.39, 0.29) is 29.4 Å². The molecule has 4 aliphatic carbocycles. The van der Waals surface area contributed by atoms with E-state index >= 15 is 0 Å². The highest BCUT2D eigenvalue weighted by Crippen LogP contribution is 2.68. The van der Waals surface area contributed by atoms with E-state index in [1.165, 1.54) is 25.7 Å². The van der Waals surface area contributed by atoms with E-state index in [4.69, 9.17) is 10.6 Å². The van der Waals surface area contributed by atoms with Crippen molar-refractivity contribution in [2.45, 2.75) is 97.1 Å². The number of fused-ring (bicyclic) bond motifs is 5. The van der Waals surface area contributed by atoms with Crippen LogP contribution in [0, 0.1) is 46.3 Å². The lowest BCUT2D eigenvalue weighted by molar-refractivity contribution is -0.166. The summed E-state index contributed by atoms with van der Waals surface area (Å²) in [5.74, 6) is 2.24. The third-order valence-corrected chi connectivity index (χ3v) is 10.4. The van der Waals surface area contributed by atoms with E-state index < -0.39 is 5.97 Å². The summed E-state index contributed by atoms with van der Waals surface area (Å²) in [5.41, 5.74) is 9.34. The van der Waals surface area contributed by atoms with Gasteiger partial charge in [0.2, 0.25) is 0 Å². The van der Waals surface area contributed by atoms with Gasteiger partial charge >= 0.3 is 5.97 Å². The number of carboxylic acids is 1. The molecule has 6 nitrogen and oxygen atoms in total. The maximum Gasteiger partial charge on any atom is 0.303 e. The van der Waals surface area contributed by atoms with Crippen molar-refractivity contribution in [1.82, 2.24) is 0 Å². The first-order chi connectivity index (χ1) is 14.2. The quantitative estimate of drug-likeness (QED) is 0.335. The fraction of sp³-hybridized carbons (Fsp3) is 0.958. The zero-order chi connectivity index (χ0) is 21.7. The molecular formula is C24H39N3O3. The van der Waals surface area contributed by atoms with Gasteiger partial charge in [-0.3, -0.25) is 4.79 Å². The molecule has 1 unspecified atom stereocenters. The fourth-order valence-electron chi connectivity index (χ4n) is 8.91. The highest BCUT2D eigenvalue weighted by atomic mass is 16.4. The third kappa shape index (κ3) is 3.44. The van der Waals surface area contributed by atoms with Crippen molar-refractivity contribution >= 4 is 5.97 Å². The van der Waals surface area contributed by atoms with E-state index in [1.54, 1.807) is 0 Å². The van der Waals surface area contributed by atoms with Gasteiger partial charge in [-0.05, 0) is 110 Å². The summed E-state index contributed by atoms with van der Waals surface area (Å²) in [6.07, 6.45) is 9.37. The SMILES string of the molecule is C[C@H](CCC(=O)O)[C@H]1CC[C@H]2[C@@H]3[C@@H](O)C[C@@H]4CC(N=[N+]=[N-])CC[C@]4(C)[C@H]3CC[C@]12C. The summed E-state index contributed by atoms with van der Waals surface area (Å²) < 4.78 is 0. The standard InChI is InChI=1S/C24H39N3O3/c1-14(4-7-21(29)30)17-5-6-18-22-19(9-11-24(17,18)3)23(2)10-8-16(26-27-25)12-15(23)13-20(22)28/h14-20,22,28H,4-13H2,1-3H3,(H,29,30)/t14-,15+,16?,17-,18+,19+,20+,22+,23+,24-/m1/s1. The average Bonchev–Trinajstić information content (AvgIpc) is 3.04. The normalized spacial score (nSPS) is 48.6. The molecule has 30 heavy (non-hydrogen) atoms. The van der Waals surface area contributed by atoms with Gasteiger partial charge in [0.1, 0.15) is 0 Å². The van der Waals surface area contributed by atoms with Crippen LogP contribution in [0.5, 0.6) is 0 Å². The van der Waals surface area contributed by atoms with Crippen LogP contribution in [-0.4, -0.2) is 28.3 Å². The maximum atomic E-state index is 11.4. The van der Waals surface area contributed by atoms with Gasteiger partial charge in [-0.15, -0.1) is 0 Å². The minimum atomic E-state index is -0.691. The fourth-order valence-corrected chi connectivity index (χ4v) is 8.91. The van der Waals surface area contributed by atoms with Crippen LogP contribution < -0.4 is 0 Å². The lowest BCUT2D eigenvalue weighted by atomic mass is 9.43. The largest absolute Gasteiger partial charge is 0.481 e. The third-order valence-electron chi connectivity index (χ3n) is 10.4. The number of aliphatic hydroxyl groups excluding tert-OH is 1. The maximum absolute atomic E-state index is 11.4. The molecule has 168 valence electrons. The molecule has 10 atom stereocenters. The zero-order valence-electron chi connectivity index (χ0n) is 18.8. The Morgan fingerprint density at radius 1 is 1.13 bits per heavy atom. The van der Waals surface area contributed by atoms with Crippen LogP contribution in [0.1, 0.15) is 85.0 Å². The van der Waals surface area contributed by atoms with Crippen molar-refractivity contribution < 1.29 is 15.0 Å². The summed E-state index contributed by atoms with van der Waals surface area (Å²) in [5, 5.41) is 24.5.